The third-order valence-corrected chi connectivity index (χ3v) is 9.25. The number of hydrogen-bond donors (Lipinski definition) is 1. The summed E-state index contributed by atoms with van der Waals surface area (Å²) in [6.45, 7) is 2.23. The summed E-state index contributed by atoms with van der Waals surface area (Å²) >= 11 is 0. The Morgan fingerprint density at radius 2 is 1.70 bits per heavy atom. The Kier molecular flexibility index (Phi) is 3.40. The lowest BCUT2D eigenvalue weighted by molar-refractivity contribution is 0.0482. The van der Waals surface area contributed by atoms with Crippen molar-refractivity contribution in [3.8, 4) is 0 Å². The highest BCUT2D eigenvalue weighted by atomic mass is 16.3. The molecule has 0 heterocycles. The van der Waals surface area contributed by atoms with Crippen LogP contribution in [0.25, 0.3) is 0 Å². The number of aliphatic hydroxyl groups is 1. The van der Waals surface area contributed by atoms with Crippen LogP contribution < -0.4 is 0 Å². The normalized spacial score (nSPS) is 52.4. The Bertz CT molecular complexity index is 520. The zero-order valence-corrected chi connectivity index (χ0v) is 14.9. The molecule has 0 aromatic carbocycles. The second kappa shape index (κ2) is 5.27. The van der Waals surface area contributed by atoms with Gasteiger partial charge >= 0.3 is 0 Å². The molecule has 5 aliphatic rings. The molecule has 1 nitrogen and oxygen atoms in total. The van der Waals surface area contributed by atoms with Crippen LogP contribution in [0.3, 0.4) is 0 Å². The largest absolute Gasteiger partial charge is 0.512 e. The predicted molar refractivity (Wildman–Crippen MR) is 94.1 cm³/mol. The fraction of sp³-hybridized carbons (Fsp3) is 0.909. The van der Waals surface area contributed by atoms with E-state index in [9.17, 15) is 5.11 Å². The van der Waals surface area contributed by atoms with E-state index in [0.29, 0.717) is 0 Å². The first-order valence-electron chi connectivity index (χ1n) is 10.6. The average molecular weight is 315 g/mol. The molecule has 1 N–H and O–H groups in total. The standard InChI is InChI=1S/C22H34O/c1-14-18-11-12-22-13-17(22)7-5-15-3-2-4-16(15)6-9-20(22)19(18)8-10-21(14)23/h15-20,23H,2-13H2,1H3. The third kappa shape index (κ3) is 2.17. The van der Waals surface area contributed by atoms with E-state index >= 15 is 0 Å². The first-order chi connectivity index (χ1) is 11.2. The van der Waals surface area contributed by atoms with Gasteiger partial charge in [-0.1, -0.05) is 19.3 Å². The molecule has 5 aliphatic carbocycles. The van der Waals surface area contributed by atoms with E-state index in [2.05, 4.69) is 6.92 Å². The van der Waals surface area contributed by atoms with Crippen molar-refractivity contribution in [3.05, 3.63) is 11.3 Å². The summed E-state index contributed by atoms with van der Waals surface area (Å²) < 4.78 is 0. The van der Waals surface area contributed by atoms with Gasteiger partial charge in [0.15, 0.2) is 0 Å². The summed E-state index contributed by atoms with van der Waals surface area (Å²) in [5.41, 5.74) is 2.12. The van der Waals surface area contributed by atoms with Gasteiger partial charge in [0.05, 0.1) is 5.76 Å². The minimum absolute atomic E-state index is 0.723. The van der Waals surface area contributed by atoms with Gasteiger partial charge in [0.1, 0.15) is 0 Å². The van der Waals surface area contributed by atoms with Crippen LogP contribution in [0, 0.1) is 40.9 Å². The summed E-state index contributed by atoms with van der Waals surface area (Å²) in [6, 6.07) is 0. The zero-order valence-electron chi connectivity index (χ0n) is 14.9. The Morgan fingerprint density at radius 1 is 0.913 bits per heavy atom. The molecule has 128 valence electrons. The molecule has 1 spiro atoms. The zero-order chi connectivity index (χ0) is 15.6. The van der Waals surface area contributed by atoms with Crippen molar-refractivity contribution in [2.45, 2.75) is 84.0 Å². The maximum atomic E-state index is 10.2. The maximum Gasteiger partial charge on any atom is 0.0914 e. The fourth-order valence-electron chi connectivity index (χ4n) is 7.92. The molecule has 0 saturated heterocycles. The quantitative estimate of drug-likeness (QED) is 0.560. The van der Waals surface area contributed by atoms with E-state index in [1.807, 2.05) is 0 Å². The number of rotatable bonds is 0. The summed E-state index contributed by atoms with van der Waals surface area (Å²) in [6.07, 6.45) is 17.4. The fourth-order valence-corrected chi connectivity index (χ4v) is 7.92. The first kappa shape index (κ1) is 14.8. The third-order valence-electron chi connectivity index (χ3n) is 9.25. The van der Waals surface area contributed by atoms with Gasteiger partial charge in [0.2, 0.25) is 0 Å². The highest BCUT2D eigenvalue weighted by molar-refractivity contribution is 5.21. The number of fused-ring (bicyclic) bond motifs is 3. The van der Waals surface area contributed by atoms with E-state index < -0.39 is 0 Å². The second-order valence-electron chi connectivity index (χ2n) is 9.82. The van der Waals surface area contributed by atoms with E-state index in [1.165, 1.54) is 56.9 Å². The van der Waals surface area contributed by atoms with E-state index in [0.717, 1.165) is 53.1 Å². The van der Waals surface area contributed by atoms with Gasteiger partial charge in [-0.25, -0.2) is 0 Å². The lowest BCUT2D eigenvalue weighted by atomic mass is 9.57. The molecule has 0 aromatic rings. The van der Waals surface area contributed by atoms with Crippen LogP contribution in [0.1, 0.15) is 84.0 Å². The molecular weight excluding hydrogens is 280 g/mol. The van der Waals surface area contributed by atoms with Gasteiger partial charge in [-0.05, 0) is 105 Å². The Morgan fingerprint density at radius 3 is 2.52 bits per heavy atom. The van der Waals surface area contributed by atoms with Crippen molar-refractivity contribution in [2.24, 2.45) is 40.9 Å². The van der Waals surface area contributed by atoms with Crippen molar-refractivity contribution < 1.29 is 5.11 Å². The Hall–Kier alpha value is -0.460. The van der Waals surface area contributed by atoms with E-state index in [4.69, 9.17) is 0 Å². The minimum atomic E-state index is 0.723. The van der Waals surface area contributed by atoms with Crippen LogP contribution in [0.2, 0.25) is 0 Å². The predicted octanol–water partition coefficient (Wildman–Crippen LogP) is 6.25. The molecule has 1 heteroatoms. The van der Waals surface area contributed by atoms with Crippen LogP contribution >= 0.6 is 0 Å². The molecule has 5 rings (SSSR count). The van der Waals surface area contributed by atoms with E-state index in [-0.39, 0.29) is 0 Å². The highest BCUT2D eigenvalue weighted by Gasteiger charge is 2.62. The van der Waals surface area contributed by atoms with Gasteiger partial charge in [-0.2, -0.15) is 0 Å². The SMILES string of the molecule is CC1=C(O)CCC2C1CCC13CC1CCC1CCCC1CCC23. The van der Waals surface area contributed by atoms with Crippen molar-refractivity contribution in [1.29, 1.82) is 0 Å². The van der Waals surface area contributed by atoms with Crippen LogP contribution in [0.5, 0.6) is 0 Å². The highest BCUT2D eigenvalue weighted by Crippen LogP contribution is 2.71. The monoisotopic (exact) mass is 314 g/mol. The van der Waals surface area contributed by atoms with Crippen molar-refractivity contribution in [2.75, 3.05) is 0 Å². The summed E-state index contributed by atoms with van der Waals surface area (Å²) in [7, 11) is 0. The number of allylic oxidation sites excluding steroid dienone is 2. The average Bonchev–Trinajstić information content (AvgIpc) is 3.03. The van der Waals surface area contributed by atoms with E-state index in [1.54, 1.807) is 19.3 Å². The smallest absolute Gasteiger partial charge is 0.0914 e. The molecule has 4 saturated carbocycles. The van der Waals surface area contributed by atoms with Gasteiger partial charge in [0.25, 0.3) is 0 Å². The Balaban J connectivity index is 1.43. The lowest BCUT2D eigenvalue weighted by Gasteiger charge is -2.47. The molecule has 4 fully saturated rings. The van der Waals surface area contributed by atoms with Gasteiger partial charge < -0.3 is 5.11 Å². The summed E-state index contributed by atoms with van der Waals surface area (Å²) in [5, 5.41) is 10.2. The van der Waals surface area contributed by atoms with Crippen LogP contribution in [0.15, 0.2) is 11.3 Å². The molecular formula is C22H34O. The molecule has 0 radical (unpaired) electrons. The Labute approximate surface area is 141 Å². The molecule has 7 unspecified atom stereocenters. The van der Waals surface area contributed by atoms with Gasteiger partial charge in [0, 0.05) is 6.42 Å². The molecule has 0 aliphatic heterocycles. The van der Waals surface area contributed by atoms with Crippen molar-refractivity contribution in [1.82, 2.24) is 0 Å². The van der Waals surface area contributed by atoms with Crippen LogP contribution in [-0.4, -0.2) is 5.11 Å². The van der Waals surface area contributed by atoms with Crippen LogP contribution in [0.4, 0.5) is 0 Å². The van der Waals surface area contributed by atoms with Crippen LogP contribution in [-0.2, 0) is 0 Å². The molecule has 0 amide bonds. The van der Waals surface area contributed by atoms with Crippen molar-refractivity contribution in [3.63, 3.8) is 0 Å². The van der Waals surface area contributed by atoms with Gasteiger partial charge in [-0.3, -0.25) is 0 Å². The second-order valence-corrected chi connectivity index (χ2v) is 9.82. The molecule has 0 aromatic heterocycles. The summed E-state index contributed by atoms with van der Waals surface area (Å²) in [4.78, 5) is 0. The number of aliphatic hydroxyl groups excluding tert-OH is 1. The minimum Gasteiger partial charge on any atom is -0.512 e. The van der Waals surface area contributed by atoms with Gasteiger partial charge in [-0.15, -0.1) is 0 Å². The lowest BCUT2D eigenvalue weighted by Crippen LogP contribution is -2.39. The first-order valence-corrected chi connectivity index (χ1v) is 10.6. The summed E-state index contributed by atoms with van der Waals surface area (Å²) in [5.74, 6) is 6.59. The molecule has 23 heavy (non-hydrogen) atoms. The number of hydrogen-bond acceptors (Lipinski definition) is 1. The molecule has 7 atom stereocenters. The van der Waals surface area contributed by atoms with Crippen molar-refractivity contribution >= 4 is 0 Å². The topological polar surface area (TPSA) is 20.2 Å². The molecule has 0 bridgehead atoms. The maximum absolute atomic E-state index is 10.2.